The predicted octanol–water partition coefficient (Wildman–Crippen LogP) is 2.39. The maximum atomic E-state index is 10.7. The van der Waals surface area contributed by atoms with Crippen molar-refractivity contribution in [3.63, 3.8) is 0 Å². The summed E-state index contributed by atoms with van der Waals surface area (Å²) in [5, 5.41) is 7.72. The minimum Gasteiger partial charge on any atom is -0.481 e. The van der Waals surface area contributed by atoms with E-state index in [1.165, 1.54) is 0 Å². The number of aliphatic carboxylic acids is 1. The van der Waals surface area contributed by atoms with E-state index in [0.29, 0.717) is 12.2 Å². The molecule has 0 amide bonds. The van der Waals surface area contributed by atoms with E-state index < -0.39 is 5.97 Å². The monoisotopic (exact) mass is 216 g/mol. The first-order valence-corrected chi connectivity index (χ1v) is 5.00. The Labute approximate surface area is 90.9 Å². The molecule has 0 aliphatic carbocycles. The number of rotatable bonds is 5. The molecule has 0 saturated carbocycles. The molecule has 1 N–H and O–H groups in total. The molecule has 0 fully saturated rings. The van der Waals surface area contributed by atoms with Crippen LogP contribution in [-0.2, 0) is 14.3 Å². The molecule has 0 heterocycles. The van der Waals surface area contributed by atoms with Gasteiger partial charge >= 0.3 is 11.9 Å². The van der Waals surface area contributed by atoms with Crippen LogP contribution in [0.3, 0.4) is 0 Å². The van der Waals surface area contributed by atoms with Gasteiger partial charge in [0, 0.05) is 12.0 Å². The maximum absolute atomic E-state index is 10.7. The minimum atomic E-state index is -0.745. The summed E-state index contributed by atoms with van der Waals surface area (Å²) < 4.78 is 4.81. The molecule has 4 heteroatoms. The molecule has 0 rings (SSSR count). The van der Waals surface area contributed by atoms with Crippen LogP contribution in [0.2, 0.25) is 0 Å². The number of carboxylic acids is 1. The van der Waals surface area contributed by atoms with Crippen molar-refractivity contribution in [1.29, 1.82) is 0 Å². The fraction of sp³-hybridized carbons (Fsp3) is 0.636. The molecule has 0 unspecified atom stereocenters. The predicted molar refractivity (Wildman–Crippen MR) is 58.6 cm³/mol. The lowest BCUT2D eigenvalue weighted by atomic mass is 10.3. The normalized spacial score (nSPS) is 8.47. The Kier molecular flexibility index (Phi) is 11.6. The van der Waals surface area contributed by atoms with Gasteiger partial charge in [0.25, 0.3) is 0 Å². The van der Waals surface area contributed by atoms with E-state index >= 15 is 0 Å². The Morgan fingerprint density at radius 3 is 2.07 bits per heavy atom. The van der Waals surface area contributed by atoms with E-state index in [9.17, 15) is 9.59 Å². The quantitative estimate of drug-likeness (QED) is 0.435. The molecular formula is C11H20O4. The van der Waals surface area contributed by atoms with Gasteiger partial charge in [0.05, 0.1) is 6.61 Å². The summed E-state index contributed by atoms with van der Waals surface area (Å²) in [7, 11) is 0. The van der Waals surface area contributed by atoms with Gasteiger partial charge in [-0.15, -0.1) is 0 Å². The van der Waals surface area contributed by atoms with Crippen molar-refractivity contribution in [3.05, 3.63) is 12.2 Å². The van der Waals surface area contributed by atoms with Crippen LogP contribution in [0.15, 0.2) is 12.2 Å². The zero-order valence-corrected chi connectivity index (χ0v) is 9.71. The third-order valence-corrected chi connectivity index (χ3v) is 1.38. The fourth-order valence-electron chi connectivity index (χ4n) is 0.432. The van der Waals surface area contributed by atoms with Gasteiger partial charge in [0.2, 0.25) is 0 Å². The molecule has 0 aromatic carbocycles. The highest BCUT2D eigenvalue weighted by atomic mass is 16.5. The van der Waals surface area contributed by atoms with Crippen LogP contribution in [0.5, 0.6) is 0 Å². The van der Waals surface area contributed by atoms with E-state index in [-0.39, 0.29) is 12.4 Å². The fourth-order valence-corrected chi connectivity index (χ4v) is 0.432. The van der Waals surface area contributed by atoms with Gasteiger partial charge < -0.3 is 9.84 Å². The molecule has 88 valence electrons. The van der Waals surface area contributed by atoms with E-state index in [2.05, 4.69) is 13.5 Å². The van der Waals surface area contributed by atoms with Gasteiger partial charge in [-0.1, -0.05) is 26.8 Å². The van der Waals surface area contributed by atoms with Crippen LogP contribution in [0.25, 0.3) is 0 Å². The number of hydrogen-bond donors (Lipinski definition) is 1. The molecule has 0 aromatic rings. The largest absolute Gasteiger partial charge is 0.481 e. The van der Waals surface area contributed by atoms with E-state index in [1.807, 2.05) is 0 Å². The Balaban J connectivity index is 0. The number of carbonyl (C=O) groups is 2. The summed E-state index contributed by atoms with van der Waals surface area (Å²) in [6, 6.07) is 0. The Bertz CT molecular complexity index is 209. The van der Waals surface area contributed by atoms with Crippen LogP contribution in [-0.4, -0.2) is 23.7 Å². The minimum absolute atomic E-state index is 0.222. The van der Waals surface area contributed by atoms with E-state index in [1.54, 1.807) is 13.8 Å². The second kappa shape index (κ2) is 10.8. The van der Waals surface area contributed by atoms with E-state index in [0.717, 1.165) is 12.8 Å². The molecule has 0 bridgehead atoms. The highest BCUT2D eigenvalue weighted by Gasteiger charge is 2.00. The van der Waals surface area contributed by atoms with Crippen molar-refractivity contribution in [2.75, 3.05) is 6.61 Å². The summed E-state index contributed by atoms with van der Waals surface area (Å²) in [5.74, 6) is -1.03. The van der Waals surface area contributed by atoms with Gasteiger partial charge in [-0.3, -0.25) is 4.79 Å². The Morgan fingerprint density at radius 2 is 1.80 bits per heavy atom. The summed E-state index contributed by atoms with van der Waals surface area (Å²) in [6.45, 7) is 9.27. The highest BCUT2D eigenvalue weighted by molar-refractivity contribution is 5.86. The highest BCUT2D eigenvalue weighted by Crippen LogP contribution is 1.94. The van der Waals surface area contributed by atoms with Gasteiger partial charge in [0.1, 0.15) is 0 Å². The number of unbranched alkanes of at least 4 members (excludes halogenated alkanes) is 1. The van der Waals surface area contributed by atoms with Gasteiger partial charge in [-0.05, 0) is 13.3 Å². The number of ether oxygens (including phenoxy) is 1. The van der Waals surface area contributed by atoms with Crippen molar-refractivity contribution in [2.24, 2.45) is 0 Å². The van der Waals surface area contributed by atoms with Crippen molar-refractivity contribution in [1.82, 2.24) is 0 Å². The zero-order valence-electron chi connectivity index (χ0n) is 9.71. The Morgan fingerprint density at radius 1 is 1.33 bits per heavy atom. The first kappa shape index (κ1) is 16.1. The topological polar surface area (TPSA) is 63.6 Å². The molecule has 0 saturated heterocycles. The lowest BCUT2D eigenvalue weighted by Gasteiger charge is -2.01. The maximum Gasteiger partial charge on any atom is 0.333 e. The summed E-state index contributed by atoms with van der Waals surface area (Å²) in [5.41, 5.74) is 0.469. The van der Waals surface area contributed by atoms with Gasteiger partial charge in [-0.2, -0.15) is 0 Å². The lowest BCUT2D eigenvalue weighted by molar-refractivity contribution is -0.139. The summed E-state index contributed by atoms with van der Waals surface area (Å²) in [4.78, 5) is 20.1. The van der Waals surface area contributed by atoms with Crippen LogP contribution < -0.4 is 0 Å². The molecular weight excluding hydrogens is 196 g/mol. The average molecular weight is 216 g/mol. The molecule has 0 aliphatic rings. The molecule has 4 nitrogen and oxygen atoms in total. The molecule has 15 heavy (non-hydrogen) atoms. The molecule has 0 aromatic heterocycles. The lowest BCUT2D eigenvalue weighted by Crippen LogP contribution is -2.05. The van der Waals surface area contributed by atoms with Crippen LogP contribution >= 0.6 is 0 Å². The standard InChI is InChI=1S/C8H14O2.C3H6O2/c1-4-5-6-10-8(9)7(2)3;1-2-3(4)5/h2,4-6H2,1,3H3;2H2,1H3,(H,4,5). The zero-order chi connectivity index (χ0) is 12.3. The molecule has 0 spiro atoms. The number of carbonyl (C=O) groups excluding carboxylic acids is 1. The Hall–Kier alpha value is -1.32. The SMILES string of the molecule is C=C(C)C(=O)OCCCC.CCC(=O)O. The van der Waals surface area contributed by atoms with Crippen molar-refractivity contribution >= 4 is 11.9 Å². The van der Waals surface area contributed by atoms with E-state index in [4.69, 9.17) is 9.84 Å². The van der Waals surface area contributed by atoms with Crippen LogP contribution in [0.1, 0.15) is 40.0 Å². The van der Waals surface area contributed by atoms with Crippen molar-refractivity contribution < 1.29 is 19.4 Å². The van der Waals surface area contributed by atoms with Crippen molar-refractivity contribution in [2.45, 2.75) is 40.0 Å². The number of hydrogen-bond acceptors (Lipinski definition) is 3. The number of carboxylic acid groups (broad SMARTS) is 1. The molecule has 0 aliphatic heterocycles. The first-order chi connectivity index (χ1) is 6.95. The first-order valence-electron chi connectivity index (χ1n) is 5.00. The van der Waals surface area contributed by atoms with Gasteiger partial charge in [0.15, 0.2) is 0 Å². The summed E-state index contributed by atoms with van der Waals surface area (Å²) >= 11 is 0. The second-order valence-electron chi connectivity index (χ2n) is 3.02. The smallest absolute Gasteiger partial charge is 0.333 e. The van der Waals surface area contributed by atoms with Crippen molar-refractivity contribution in [3.8, 4) is 0 Å². The third-order valence-electron chi connectivity index (χ3n) is 1.38. The molecule has 0 radical (unpaired) electrons. The second-order valence-corrected chi connectivity index (χ2v) is 3.02. The third kappa shape index (κ3) is 15.4. The van der Waals surface area contributed by atoms with Gasteiger partial charge in [-0.25, -0.2) is 4.79 Å². The van der Waals surface area contributed by atoms with Crippen LogP contribution in [0, 0.1) is 0 Å². The number of esters is 1. The molecule has 0 atom stereocenters. The average Bonchev–Trinajstić information content (AvgIpc) is 2.18. The van der Waals surface area contributed by atoms with Crippen LogP contribution in [0.4, 0.5) is 0 Å². The summed E-state index contributed by atoms with van der Waals surface area (Å²) in [6.07, 6.45) is 2.20.